The van der Waals surface area contributed by atoms with Gasteiger partial charge in [0.15, 0.2) is 6.54 Å². The monoisotopic (exact) mass is 260 g/mol. The number of ether oxygens (including phenoxy) is 2. The quantitative estimate of drug-likeness (QED) is 0.391. The van der Waals surface area contributed by atoms with Gasteiger partial charge in [-0.1, -0.05) is 31.3 Å². The van der Waals surface area contributed by atoms with Crippen molar-refractivity contribution in [3.05, 3.63) is 0 Å². The summed E-state index contributed by atoms with van der Waals surface area (Å²) in [6, 6.07) is 0. The second-order valence-electron chi connectivity index (χ2n) is 4.25. The Morgan fingerprint density at radius 3 is 2.67 bits per heavy atom. The first-order valence-electron chi connectivity index (χ1n) is 6.59. The molecule has 0 bridgehead atoms. The lowest BCUT2D eigenvalue weighted by Gasteiger charge is -2.11. The Bertz CT molecular complexity index is 253. The van der Waals surface area contributed by atoms with Crippen LogP contribution in [0.15, 0.2) is 0 Å². The van der Waals surface area contributed by atoms with Gasteiger partial charge >= 0.3 is 12.5 Å². The minimum absolute atomic E-state index is 0.0125. The van der Waals surface area contributed by atoms with Crippen molar-refractivity contribution < 1.29 is 24.0 Å². The molecule has 1 N–H and O–H groups in total. The summed E-state index contributed by atoms with van der Waals surface area (Å²) in [7, 11) is 1.50. The van der Waals surface area contributed by atoms with E-state index < -0.39 is 6.09 Å². The van der Waals surface area contributed by atoms with Crippen molar-refractivity contribution in [2.75, 3.05) is 26.9 Å². The summed E-state index contributed by atoms with van der Waals surface area (Å²) >= 11 is 0. The predicted molar refractivity (Wildman–Crippen MR) is 69.9 cm³/mol. The van der Waals surface area contributed by atoms with Gasteiger partial charge in [-0.25, -0.2) is 0 Å². The van der Waals surface area contributed by atoms with Gasteiger partial charge in [-0.2, -0.15) is 4.79 Å². The number of hydrogen-bond donors (Lipinski definition) is 1. The Labute approximate surface area is 109 Å². The molecule has 0 radical (unpaired) electrons. The molecule has 1 atom stereocenters. The molecule has 5 nitrogen and oxygen atoms in total. The van der Waals surface area contributed by atoms with E-state index in [4.69, 9.17) is 14.6 Å². The number of aliphatic hydroxyl groups is 1. The number of carbonyl (C=O) groups is 1. The topological polar surface area (TPSA) is 58.8 Å². The first kappa shape index (κ1) is 16.9. The lowest BCUT2D eigenvalue weighted by molar-refractivity contribution is -0.459. The molecule has 0 aliphatic rings. The Morgan fingerprint density at radius 1 is 1.44 bits per heavy atom. The van der Waals surface area contributed by atoms with E-state index in [1.165, 1.54) is 18.1 Å². The van der Waals surface area contributed by atoms with Crippen LogP contribution in [0.5, 0.6) is 0 Å². The van der Waals surface area contributed by atoms with Crippen LogP contribution in [-0.2, 0) is 9.47 Å². The molecule has 0 heterocycles. The lowest BCUT2D eigenvalue weighted by Crippen LogP contribution is -2.29. The average Bonchev–Trinajstić information content (AvgIpc) is 2.39. The molecule has 0 rings (SSSR count). The first-order valence-corrected chi connectivity index (χ1v) is 6.59. The van der Waals surface area contributed by atoms with E-state index >= 15 is 0 Å². The zero-order valence-corrected chi connectivity index (χ0v) is 11.7. The minimum atomic E-state index is -0.471. The normalized spacial score (nSPS) is 13.2. The highest BCUT2D eigenvalue weighted by atomic mass is 16.6. The maximum absolute atomic E-state index is 11.7. The molecule has 1 amide bonds. The molecule has 0 aliphatic heterocycles. The van der Waals surface area contributed by atoms with Gasteiger partial charge < -0.3 is 14.6 Å². The van der Waals surface area contributed by atoms with Gasteiger partial charge in [0.2, 0.25) is 0 Å². The van der Waals surface area contributed by atoms with Gasteiger partial charge in [0.25, 0.3) is 0 Å². The zero-order chi connectivity index (χ0) is 13.8. The molecule has 1 unspecified atom stereocenters. The standard InChI is InChI=1S/C13H26NO4/c1-4-6-7-12(5-2)10-14(11-17-3)13(16)18-9-8-15/h11-12,15H,4-10H2,1-3H3/q+1. The van der Waals surface area contributed by atoms with Crippen molar-refractivity contribution in [3.63, 3.8) is 0 Å². The fraction of sp³-hybridized carbons (Fsp3) is 0.846. The Morgan fingerprint density at radius 2 is 2.17 bits per heavy atom. The molecule has 0 saturated heterocycles. The zero-order valence-electron chi connectivity index (χ0n) is 11.7. The van der Waals surface area contributed by atoms with Crippen molar-refractivity contribution in [1.82, 2.24) is 0 Å². The first-order chi connectivity index (χ1) is 8.69. The summed E-state index contributed by atoms with van der Waals surface area (Å²) in [5.41, 5.74) is 0. The van der Waals surface area contributed by atoms with Crippen LogP contribution in [0.2, 0.25) is 0 Å². The number of nitrogens with zero attached hydrogens (tertiary/aromatic N) is 1. The van der Waals surface area contributed by atoms with Crippen molar-refractivity contribution in [2.24, 2.45) is 5.92 Å². The average molecular weight is 260 g/mol. The fourth-order valence-corrected chi connectivity index (χ4v) is 1.70. The molecular weight excluding hydrogens is 234 g/mol. The second-order valence-corrected chi connectivity index (χ2v) is 4.25. The lowest BCUT2D eigenvalue weighted by atomic mass is 9.99. The van der Waals surface area contributed by atoms with Gasteiger partial charge in [0.1, 0.15) is 6.61 Å². The summed E-state index contributed by atoms with van der Waals surface area (Å²) in [5, 5.41) is 8.63. The summed E-state index contributed by atoms with van der Waals surface area (Å²) < 4.78 is 11.2. The molecule has 18 heavy (non-hydrogen) atoms. The van der Waals surface area contributed by atoms with Crippen LogP contribution in [0, 0.1) is 5.92 Å². The van der Waals surface area contributed by atoms with Gasteiger partial charge in [0.05, 0.1) is 13.7 Å². The van der Waals surface area contributed by atoms with Crippen molar-refractivity contribution >= 4 is 12.5 Å². The van der Waals surface area contributed by atoms with Gasteiger partial charge in [-0.05, 0) is 12.8 Å². The van der Waals surface area contributed by atoms with Crippen molar-refractivity contribution in [1.29, 1.82) is 0 Å². The highest BCUT2D eigenvalue weighted by Gasteiger charge is 2.23. The van der Waals surface area contributed by atoms with Gasteiger partial charge in [-0.3, -0.25) is 0 Å². The van der Waals surface area contributed by atoms with Crippen LogP contribution >= 0.6 is 0 Å². The molecular formula is C13H26NO4+. The molecule has 0 aromatic rings. The minimum Gasteiger partial charge on any atom is -0.453 e. The third-order valence-corrected chi connectivity index (χ3v) is 2.78. The van der Waals surface area contributed by atoms with E-state index in [0.717, 1.165) is 25.7 Å². The van der Waals surface area contributed by atoms with Gasteiger partial charge in [-0.15, -0.1) is 0 Å². The Hall–Kier alpha value is -1.10. The molecule has 5 heteroatoms. The molecule has 0 saturated carbocycles. The SMILES string of the molecule is CCCCC(CC)C[N+](=COC)C(=O)OCCO. The number of hydrogen-bond acceptors (Lipinski definition) is 4. The van der Waals surface area contributed by atoms with E-state index in [9.17, 15) is 4.79 Å². The number of aliphatic hydroxyl groups excluding tert-OH is 1. The largest absolute Gasteiger partial charge is 0.599 e. The number of unbranched alkanes of at least 4 members (excludes halogenated alkanes) is 1. The number of carbonyl (C=O) groups excluding carboxylic acids is 1. The van der Waals surface area contributed by atoms with Crippen molar-refractivity contribution in [2.45, 2.75) is 39.5 Å². The molecule has 0 spiro atoms. The highest BCUT2D eigenvalue weighted by Crippen LogP contribution is 2.13. The number of amides is 1. The van der Waals surface area contributed by atoms with Crippen LogP contribution < -0.4 is 0 Å². The Kier molecular flexibility index (Phi) is 10.3. The van der Waals surface area contributed by atoms with Crippen LogP contribution in [0.4, 0.5) is 4.79 Å². The van der Waals surface area contributed by atoms with Crippen LogP contribution in [0.3, 0.4) is 0 Å². The van der Waals surface area contributed by atoms with E-state index in [2.05, 4.69) is 13.8 Å². The van der Waals surface area contributed by atoms with Crippen LogP contribution in [0.25, 0.3) is 0 Å². The molecule has 106 valence electrons. The maximum atomic E-state index is 11.7. The maximum Gasteiger partial charge on any atom is 0.599 e. The van der Waals surface area contributed by atoms with E-state index in [-0.39, 0.29) is 13.2 Å². The predicted octanol–water partition coefficient (Wildman–Crippen LogP) is 2.02. The number of rotatable bonds is 9. The van der Waals surface area contributed by atoms with E-state index in [0.29, 0.717) is 12.5 Å². The highest BCUT2D eigenvalue weighted by molar-refractivity contribution is 5.62. The number of methoxy groups -OCH3 is 1. The second kappa shape index (κ2) is 11.0. The molecule has 0 aliphatic carbocycles. The fourth-order valence-electron chi connectivity index (χ4n) is 1.70. The smallest absolute Gasteiger partial charge is 0.453 e. The van der Waals surface area contributed by atoms with Gasteiger partial charge in [0, 0.05) is 5.92 Å². The molecule has 0 aromatic heterocycles. The third-order valence-electron chi connectivity index (χ3n) is 2.78. The van der Waals surface area contributed by atoms with Crippen molar-refractivity contribution in [3.8, 4) is 0 Å². The van der Waals surface area contributed by atoms with E-state index in [1.807, 2.05) is 0 Å². The molecule has 0 fully saturated rings. The summed E-state index contributed by atoms with van der Waals surface area (Å²) in [6.07, 6.45) is 5.31. The Balaban J connectivity index is 4.40. The third kappa shape index (κ3) is 7.27. The summed E-state index contributed by atoms with van der Waals surface area (Å²) in [4.78, 5) is 11.7. The molecule has 0 aromatic carbocycles. The van der Waals surface area contributed by atoms with Crippen LogP contribution in [-0.4, -0.2) is 49.0 Å². The van der Waals surface area contributed by atoms with Crippen LogP contribution in [0.1, 0.15) is 39.5 Å². The van der Waals surface area contributed by atoms with E-state index in [1.54, 1.807) is 0 Å². The summed E-state index contributed by atoms with van der Waals surface area (Å²) in [5.74, 6) is 0.443. The summed E-state index contributed by atoms with van der Waals surface area (Å²) in [6.45, 7) is 4.71.